The molecule has 3 aliphatic heterocycles. The zero-order chi connectivity index (χ0) is 12.7. The van der Waals surface area contributed by atoms with E-state index in [9.17, 15) is 10.2 Å². The van der Waals surface area contributed by atoms with Crippen LogP contribution in [0.4, 0.5) is 0 Å². The summed E-state index contributed by atoms with van der Waals surface area (Å²) >= 11 is 0. The Morgan fingerprint density at radius 1 is 1.33 bits per heavy atom. The van der Waals surface area contributed by atoms with E-state index in [0.717, 1.165) is 0 Å². The lowest BCUT2D eigenvalue weighted by molar-refractivity contribution is -0.0101. The van der Waals surface area contributed by atoms with Gasteiger partial charge in [-0.3, -0.25) is 4.99 Å². The largest absolute Gasteiger partial charge is 0.394 e. The molecule has 0 amide bonds. The van der Waals surface area contributed by atoms with E-state index in [1.165, 1.54) is 6.34 Å². The van der Waals surface area contributed by atoms with Crippen molar-refractivity contribution in [2.24, 2.45) is 20.0 Å². The fourth-order valence-electron chi connectivity index (χ4n) is 2.06. The Labute approximate surface area is 102 Å². The summed E-state index contributed by atoms with van der Waals surface area (Å²) in [7, 11) is 0. The second kappa shape index (κ2) is 4.32. The molecule has 0 saturated carbocycles. The van der Waals surface area contributed by atoms with Crippen molar-refractivity contribution in [3.8, 4) is 0 Å². The lowest BCUT2D eigenvalue weighted by Gasteiger charge is -2.17. The van der Waals surface area contributed by atoms with Gasteiger partial charge in [-0.15, -0.1) is 0 Å². The number of aliphatic imine (C=N–C) groups is 4. The van der Waals surface area contributed by atoms with E-state index < -0.39 is 24.4 Å². The smallest absolute Gasteiger partial charge is 0.179 e. The summed E-state index contributed by atoms with van der Waals surface area (Å²) in [5.41, 5.74) is 0.672. The highest BCUT2D eigenvalue weighted by molar-refractivity contribution is 6.49. The molecule has 0 radical (unpaired) electrons. The van der Waals surface area contributed by atoms with Crippen LogP contribution >= 0.6 is 0 Å². The summed E-state index contributed by atoms with van der Waals surface area (Å²) in [6.07, 6.45) is -2.58. The molecule has 4 atom stereocenters. The molecule has 0 spiro atoms. The summed E-state index contributed by atoms with van der Waals surface area (Å²) in [4.78, 5) is 16.2. The van der Waals surface area contributed by atoms with Gasteiger partial charge in [-0.05, 0) is 0 Å². The normalized spacial score (nSPS) is 38.3. The molecule has 3 N–H and O–H groups in total. The van der Waals surface area contributed by atoms with Crippen molar-refractivity contribution in [2.75, 3.05) is 13.2 Å². The van der Waals surface area contributed by atoms with E-state index >= 15 is 0 Å². The summed E-state index contributed by atoms with van der Waals surface area (Å²) < 4.78 is 5.34. The highest BCUT2D eigenvalue weighted by Gasteiger charge is 2.45. The monoisotopic (exact) mass is 252 g/mol. The molecule has 96 valence electrons. The minimum absolute atomic E-state index is 0.269. The first-order valence-corrected chi connectivity index (χ1v) is 5.56. The zero-order valence-electron chi connectivity index (χ0n) is 9.34. The molecule has 1 unspecified atom stereocenters. The molecule has 3 aliphatic rings. The molecule has 8 nitrogen and oxygen atoms in total. The highest BCUT2D eigenvalue weighted by atomic mass is 16.6. The molecule has 8 heteroatoms. The SMILES string of the molecule is OC[C@H]1OC(C2=NCC3=NC=NC3=N2)[C@H](O)[C@@H]1O. The van der Waals surface area contributed by atoms with Crippen molar-refractivity contribution in [3.05, 3.63) is 0 Å². The van der Waals surface area contributed by atoms with E-state index in [-0.39, 0.29) is 12.4 Å². The minimum Gasteiger partial charge on any atom is -0.394 e. The van der Waals surface area contributed by atoms with Crippen LogP contribution in [0.2, 0.25) is 0 Å². The fourth-order valence-corrected chi connectivity index (χ4v) is 2.06. The molecule has 0 aromatic carbocycles. The predicted molar refractivity (Wildman–Crippen MR) is 63.4 cm³/mol. The van der Waals surface area contributed by atoms with Gasteiger partial charge in [0.15, 0.2) is 11.7 Å². The summed E-state index contributed by atoms with van der Waals surface area (Å²) in [6.45, 7) is -0.0515. The van der Waals surface area contributed by atoms with Gasteiger partial charge in [0.25, 0.3) is 0 Å². The summed E-state index contributed by atoms with van der Waals surface area (Å²) in [6, 6.07) is 0. The van der Waals surface area contributed by atoms with Gasteiger partial charge in [-0.2, -0.15) is 0 Å². The van der Waals surface area contributed by atoms with Gasteiger partial charge >= 0.3 is 0 Å². The van der Waals surface area contributed by atoms with Crippen molar-refractivity contribution in [1.82, 2.24) is 0 Å². The average Bonchev–Trinajstić information content (AvgIpc) is 2.95. The van der Waals surface area contributed by atoms with Crippen LogP contribution in [0.15, 0.2) is 20.0 Å². The van der Waals surface area contributed by atoms with Crippen LogP contribution in [0.3, 0.4) is 0 Å². The molecular formula is C10H12N4O4. The average molecular weight is 252 g/mol. The van der Waals surface area contributed by atoms with E-state index in [2.05, 4.69) is 20.0 Å². The van der Waals surface area contributed by atoms with Crippen molar-refractivity contribution >= 4 is 23.7 Å². The van der Waals surface area contributed by atoms with Crippen molar-refractivity contribution < 1.29 is 20.1 Å². The lowest BCUT2D eigenvalue weighted by Crippen LogP contribution is -2.38. The molecule has 18 heavy (non-hydrogen) atoms. The van der Waals surface area contributed by atoms with Crippen molar-refractivity contribution in [1.29, 1.82) is 0 Å². The summed E-state index contributed by atoms with van der Waals surface area (Å²) in [5, 5.41) is 28.5. The molecule has 3 heterocycles. The third-order valence-electron chi connectivity index (χ3n) is 3.06. The van der Waals surface area contributed by atoms with E-state index in [1.54, 1.807) is 0 Å². The van der Waals surface area contributed by atoms with Crippen LogP contribution in [0, 0.1) is 0 Å². The van der Waals surface area contributed by atoms with Gasteiger partial charge in [0.1, 0.15) is 36.5 Å². The fraction of sp³-hybridized carbons (Fsp3) is 0.600. The van der Waals surface area contributed by atoms with Crippen molar-refractivity contribution in [3.63, 3.8) is 0 Å². The predicted octanol–water partition coefficient (Wildman–Crippen LogP) is -2.24. The van der Waals surface area contributed by atoms with Gasteiger partial charge in [0.2, 0.25) is 0 Å². The first-order valence-electron chi connectivity index (χ1n) is 5.56. The minimum atomic E-state index is -1.16. The van der Waals surface area contributed by atoms with Gasteiger partial charge in [0.05, 0.1) is 13.2 Å². The highest BCUT2D eigenvalue weighted by Crippen LogP contribution is 2.23. The second-order valence-electron chi connectivity index (χ2n) is 4.19. The molecule has 1 saturated heterocycles. The first kappa shape index (κ1) is 11.6. The van der Waals surface area contributed by atoms with Crippen LogP contribution in [0.5, 0.6) is 0 Å². The summed E-state index contributed by atoms with van der Waals surface area (Å²) in [5.74, 6) is 0.725. The number of nitrogens with zero attached hydrogens (tertiary/aromatic N) is 4. The Morgan fingerprint density at radius 3 is 2.89 bits per heavy atom. The Kier molecular flexibility index (Phi) is 2.78. The van der Waals surface area contributed by atoms with Gasteiger partial charge in [-0.1, -0.05) is 0 Å². The second-order valence-corrected chi connectivity index (χ2v) is 4.19. The number of ether oxygens (including phenoxy) is 1. The van der Waals surface area contributed by atoms with Gasteiger partial charge in [-0.25, -0.2) is 15.0 Å². The Hall–Kier alpha value is -1.48. The third kappa shape index (κ3) is 1.70. The lowest BCUT2D eigenvalue weighted by atomic mass is 10.1. The topological polar surface area (TPSA) is 119 Å². The Morgan fingerprint density at radius 2 is 2.17 bits per heavy atom. The maximum Gasteiger partial charge on any atom is 0.179 e. The van der Waals surface area contributed by atoms with Crippen LogP contribution in [-0.4, -0.2) is 76.6 Å². The van der Waals surface area contributed by atoms with Gasteiger partial charge < -0.3 is 20.1 Å². The molecule has 1 fully saturated rings. The third-order valence-corrected chi connectivity index (χ3v) is 3.06. The number of rotatable bonds is 2. The first-order chi connectivity index (χ1) is 8.70. The van der Waals surface area contributed by atoms with Crippen LogP contribution in [0.25, 0.3) is 0 Å². The molecular weight excluding hydrogens is 240 g/mol. The molecule has 0 aromatic rings. The van der Waals surface area contributed by atoms with E-state index in [1.807, 2.05) is 0 Å². The molecule has 0 bridgehead atoms. The number of amidine groups is 2. The number of aliphatic hydroxyl groups excluding tert-OH is 3. The zero-order valence-corrected chi connectivity index (χ0v) is 9.34. The van der Waals surface area contributed by atoms with Gasteiger partial charge in [0, 0.05) is 0 Å². The molecule has 0 aromatic heterocycles. The maximum absolute atomic E-state index is 9.85. The van der Waals surface area contributed by atoms with Crippen LogP contribution in [0.1, 0.15) is 0 Å². The number of hydrogen-bond donors (Lipinski definition) is 3. The standard InChI is InChI=1S/C10H12N4O4/c15-2-5-6(16)7(17)8(18-5)10-11-1-4-9(14-10)13-3-12-4/h3,5-8,15-17H,1-2H2/t5-,6-,7-,8?/m1/s1. The maximum atomic E-state index is 9.85. The van der Waals surface area contributed by atoms with Crippen LogP contribution in [-0.2, 0) is 4.74 Å². The number of aliphatic hydroxyl groups is 3. The molecule has 3 rings (SSSR count). The number of fused-ring (bicyclic) bond motifs is 1. The Balaban J connectivity index is 1.83. The Bertz CT molecular complexity index is 484. The quantitative estimate of drug-likeness (QED) is 0.514. The molecule has 0 aliphatic carbocycles. The van der Waals surface area contributed by atoms with Crippen molar-refractivity contribution in [2.45, 2.75) is 24.4 Å². The van der Waals surface area contributed by atoms with Crippen LogP contribution < -0.4 is 0 Å². The number of hydrogen-bond acceptors (Lipinski definition) is 8. The van der Waals surface area contributed by atoms with E-state index in [4.69, 9.17) is 9.84 Å². The van der Waals surface area contributed by atoms with E-state index in [0.29, 0.717) is 18.1 Å².